The second-order valence-corrected chi connectivity index (χ2v) is 5.77. The van der Waals surface area contributed by atoms with Gasteiger partial charge in [0, 0.05) is 17.6 Å². The van der Waals surface area contributed by atoms with Crippen molar-refractivity contribution in [1.82, 2.24) is 0 Å². The highest BCUT2D eigenvalue weighted by atomic mass is 14.9. The number of rotatable bonds is 3. The van der Waals surface area contributed by atoms with Gasteiger partial charge in [-0.1, -0.05) is 38.1 Å². The van der Waals surface area contributed by atoms with Crippen LogP contribution in [0.2, 0.25) is 0 Å². The van der Waals surface area contributed by atoms with Gasteiger partial charge in [0.1, 0.15) is 0 Å². The van der Waals surface area contributed by atoms with Crippen LogP contribution in [0.1, 0.15) is 38.2 Å². The number of nitrogens with one attached hydrogen (secondary N) is 1. The Morgan fingerprint density at radius 2 is 2.18 bits per heavy atom. The molecule has 2 aliphatic rings. The van der Waals surface area contributed by atoms with Crippen LogP contribution in [-0.4, -0.2) is 6.04 Å². The molecule has 0 bridgehead atoms. The second kappa shape index (κ2) is 4.21. The van der Waals surface area contributed by atoms with Crippen molar-refractivity contribution in [3.63, 3.8) is 0 Å². The van der Waals surface area contributed by atoms with Crippen LogP contribution in [0.4, 0.5) is 5.69 Å². The van der Waals surface area contributed by atoms with Crippen LogP contribution in [0.5, 0.6) is 0 Å². The molecule has 0 aliphatic heterocycles. The maximum atomic E-state index is 3.69. The summed E-state index contributed by atoms with van der Waals surface area (Å²) >= 11 is 0. The molecule has 0 radical (unpaired) electrons. The van der Waals surface area contributed by atoms with Gasteiger partial charge in [-0.2, -0.15) is 0 Å². The Morgan fingerprint density at radius 3 is 2.94 bits per heavy atom. The number of hydrogen-bond donors (Lipinski definition) is 1. The van der Waals surface area contributed by atoms with E-state index in [0.29, 0.717) is 12.0 Å². The lowest BCUT2D eigenvalue weighted by atomic mass is 9.71. The zero-order chi connectivity index (χ0) is 11.8. The fourth-order valence-electron chi connectivity index (χ4n) is 3.09. The number of hydrogen-bond acceptors (Lipinski definition) is 1. The Hall–Kier alpha value is -1.24. The second-order valence-electron chi connectivity index (χ2n) is 5.77. The molecule has 1 aromatic carbocycles. The number of allylic oxidation sites excluding steroid dienone is 1. The molecule has 90 valence electrons. The molecular formula is C16H21N. The number of fused-ring (bicyclic) bond motifs is 1. The van der Waals surface area contributed by atoms with Crippen molar-refractivity contribution in [3.8, 4) is 0 Å². The number of benzene rings is 1. The first-order valence-corrected chi connectivity index (χ1v) is 6.77. The van der Waals surface area contributed by atoms with E-state index in [1.807, 2.05) is 0 Å². The zero-order valence-electron chi connectivity index (χ0n) is 10.7. The molecule has 1 aromatic rings. The third-order valence-corrected chi connectivity index (χ3v) is 4.27. The zero-order valence-corrected chi connectivity index (χ0v) is 10.7. The van der Waals surface area contributed by atoms with E-state index in [4.69, 9.17) is 0 Å². The van der Waals surface area contributed by atoms with E-state index in [-0.39, 0.29) is 0 Å². The molecule has 1 nitrogen and oxygen atoms in total. The minimum atomic E-state index is 0.609. The predicted octanol–water partition coefficient (Wildman–Crippen LogP) is 4.19. The maximum absolute atomic E-state index is 3.69. The molecule has 1 N–H and O–H groups in total. The minimum Gasteiger partial charge on any atom is -0.382 e. The highest BCUT2D eigenvalue weighted by Crippen LogP contribution is 2.44. The SMILES string of the molecule is CC(C)c1cccc(NC2CC3CC=CC32)c1. The van der Waals surface area contributed by atoms with Gasteiger partial charge in [0.15, 0.2) is 0 Å². The van der Waals surface area contributed by atoms with Gasteiger partial charge >= 0.3 is 0 Å². The van der Waals surface area contributed by atoms with Crippen LogP contribution in [0.15, 0.2) is 36.4 Å². The fourth-order valence-corrected chi connectivity index (χ4v) is 3.09. The lowest BCUT2D eigenvalue weighted by Gasteiger charge is -2.41. The van der Waals surface area contributed by atoms with Crippen molar-refractivity contribution in [3.05, 3.63) is 42.0 Å². The highest BCUT2D eigenvalue weighted by molar-refractivity contribution is 5.48. The van der Waals surface area contributed by atoms with E-state index >= 15 is 0 Å². The molecule has 0 aromatic heterocycles. The summed E-state index contributed by atoms with van der Waals surface area (Å²) in [5.74, 6) is 2.33. The topological polar surface area (TPSA) is 12.0 Å². The maximum Gasteiger partial charge on any atom is 0.0345 e. The normalized spacial score (nSPS) is 30.2. The first-order chi connectivity index (χ1) is 8.24. The third kappa shape index (κ3) is 1.99. The van der Waals surface area contributed by atoms with Crippen molar-refractivity contribution in [2.45, 2.75) is 38.6 Å². The van der Waals surface area contributed by atoms with Crippen molar-refractivity contribution < 1.29 is 0 Å². The molecule has 1 fully saturated rings. The standard InChI is InChI=1S/C16H21N/c1-11(2)12-5-3-7-14(9-12)17-16-10-13-6-4-8-15(13)16/h3-5,7-9,11,13,15-17H,6,10H2,1-2H3. The summed E-state index contributed by atoms with van der Waals surface area (Å²) in [5.41, 5.74) is 2.72. The molecule has 1 saturated carbocycles. The summed E-state index contributed by atoms with van der Waals surface area (Å²) in [6.45, 7) is 4.50. The van der Waals surface area contributed by atoms with Gasteiger partial charge in [-0.15, -0.1) is 0 Å². The minimum absolute atomic E-state index is 0.609. The summed E-state index contributed by atoms with van der Waals surface area (Å²) in [4.78, 5) is 0. The monoisotopic (exact) mass is 227 g/mol. The van der Waals surface area contributed by atoms with Crippen molar-refractivity contribution in [1.29, 1.82) is 0 Å². The average Bonchev–Trinajstić information content (AvgIpc) is 2.68. The van der Waals surface area contributed by atoms with E-state index in [2.05, 4.69) is 55.6 Å². The molecule has 1 heteroatoms. The van der Waals surface area contributed by atoms with Crippen molar-refractivity contribution in [2.75, 3.05) is 5.32 Å². The van der Waals surface area contributed by atoms with Gasteiger partial charge in [0.25, 0.3) is 0 Å². The van der Waals surface area contributed by atoms with Crippen LogP contribution in [0, 0.1) is 11.8 Å². The lowest BCUT2D eigenvalue weighted by Crippen LogP contribution is -2.43. The van der Waals surface area contributed by atoms with Crippen LogP contribution in [0.3, 0.4) is 0 Å². The third-order valence-electron chi connectivity index (χ3n) is 4.27. The van der Waals surface area contributed by atoms with Gasteiger partial charge in [0.2, 0.25) is 0 Å². The number of anilines is 1. The molecule has 0 heterocycles. The van der Waals surface area contributed by atoms with E-state index in [9.17, 15) is 0 Å². The smallest absolute Gasteiger partial charge is 0.0345 e. The Balaban J connectivity index is 1.69. The van der Waals surface area contributed by atoms with E-state index in [0.717, 1.165) is 11.8 Å². The largest absolute Gasteiger partial charge is 0.382 e. The summed E-state index contributed by atoms with van der Waals surface area (Å²) in [5, 5.41) is 3.69. The molecule has 3 unspecified atom stereocenters. The van der Waals surface area contributed by atoms with Crippen molar-refractivity contribution >= 4 is 5.69 Å². The molecule has 0 saturated heterocycles. The van der Waals surface area contributed by atoms with Crippen LogP contribution in [0.25, 0.3) is 0 Å². The van der Waals surface area contributed by atoms with Crippen LogP contribution < -0.4 is 5.32 Å². The Bertz CT molecular complexity index is 433. The lowest BCUT2D eigenvalue weighted by molar-refractivity contribution is 0.218. The van der Waals surface area contributed by atoms with Gasteiger partial charge in [-0.05, 0) is 42.4 Å². The fraction of sp³-hybridized carbons (Fsp3) is 0.500. The van der Waals surface area contributed by atoms with E-state index < -0.39 is 0 Å². The summed E-state index contributed by atoms with van der Waals surface area (Å²) < 4.78 is 0. The van der Waals surface area contributed by atoms with E-state index in [1.165, 1.54) is 24.1 Å². The molecule has 3 rings (SSSR count). The molecule has 0 spiro atoms. The van der Waals surface area contributed by atoms with Gasteiger partial charge < -0.3 is 5.32 Å². The summed E-state index contributed by atoms with van der Waals surface area (Å²) in [7, 11) is 0. The molecule has 0 amide bonds. The Morgan fingerprint density at radius 1 is 1.29 bits per heavy atom. The molecule has 17 heavy (non-hydrogen) atoms. The van der Waals surface area contributed by atoms with E-state index in [1.54, 1.807) is 0 Å². The van der Waals surface area contributed by atoms with Crippen LogP contribution >= 0.6 is 0 Å². The van der Waals surface area contributed by atoms with Gasteiger partial charge in [0.05, 0.1) is 0 Å². The van der Waals surface area contributed by atoms with Crippen molar-refractivity contribution in [2.24, 2.45) is 11.8 Å². The quantitative estimate of drug-likeness (QED) is 0.764. The van der Waals surface area contributed by atoms with Gasteiger partial charge in [-0.25, -0.2) is 0 Å². The Kier molecular flexibility index (Phi) is 2.70. The average molecular weight is 227 g/mol. The predicted molar refractivity (Wildman–Crippen MR) is 73.3 cm³/mol. The van der Waals surface area contributed by atoms with Gasteiger partial charge in [-0.3, -0.25) is 0 Å². The Labute approximate surface area is 104 Å². The summed E-state index contributed by atoms with van der Waals surface area (Å²) in [6.07, 6.45) is 7.39. The molecular weight excluding hydrogens is 206 g/mol. The first-order valence-electron chi connectivity index (χ1n) is 6.77. The highest BCUT2D eigenvalue weighted by Gasteiger charge is 2.40. The summed E-state index contributed by atoms with van der Waals surface area (Å²) in [6, 6.07) is 9.54. The first kappa shape index (κ1) is 10.9. The molecule has 3 atom stereocenters. The molecule has 2 aliphatic carbocycles. The van der Waals surface area contributed by atoms with Crippen LogP contribution in [-0.2, 0) is 0 Å².